The van der Waals surface area contributed by atoms with E-state index in [1.165, 1.54) is 5.56 Å². The lowest BCUT2D eigenvalue weighted by Crippen LogP contribution is -2.13. The van der Waals surface area contributed by atoms with Crippen molar-refractivity contribution in [3.05, 3.63) is 27.2 Å². The molecule has 1 aromatic carbocycles. The van der Waals surface area contributed by atoms with Crippen LogP contribution in [0.15, 0.2) is 10.5 Å². The Balaban J connectivity index is 3.18. The molecule has 1 aromatic rings. The van der Waals surface area contributed by atoms with E-state index in [4.69, 9.17) is 9.57 Å². The summed E-state index contributed by atoms with van der Waals surface area (Å²) in [5.41, 5.74) is 6.23. The molecule has 1 N–H and O–H groups in total. The first-order valence-corrected chi connectivity index (χ1v) is 5.49. The number of aryl methyl sites for hydroxylation is 1. The highest BCUT2D eigenvalue weighted by Crippen LogP contribution is 2.31. The highest BCUT2D eigenvalue weighted by molar-refractivity contribution is 9.10. The molecule has 0 aliphatic carbocycles. The molecule has 0 unspecified atom stereocenters. The van der Waals surface area contributed by atoms with E-state index in [1.807, 2.05) is 6.92 Å². The fourth-order valence-corrected chi connectivity index (χ4v) is 2.14. The Labute approximate surface area is 98.9 Å². The van der Waals surface area contributed by atoms with Crippen molar-refractivity contribution < 1.29 is 9.57 Å². The summed E-state index contributed by atoms with van der Waals surface area (Å²) in [5.74, 6) is 0.917. The zero-order chi connectivity index (χ0) is 11.4. The van der Waals surface area contributed by atoms with Gasteiger partial charge in [-0.3, -0.25) is 0 Å². The zero-order valence-electron chi connectivity index (χ0n) is 9.48. The molecule has 15 heavy (non-hydrogen) atoms. The largest absolute Gasteiger partial charge is 0.496 e. The Morgan fingerprint density at radius 1 is 1.33 bits per heavy atom. The number of hydrogen-bond acceptors (Lipinski definition) is 3. The van der Waals surface area contributed by atoms with Crippen LogP contribution in [0.4, 0.5) is 0 Å². The molecule has 0 aliphatic rings. The van der Waals surface area contributed by atoms with Crippen molar-refractivity contribution in [2.75, 3.05) is 14.2 Å². The third-order valence-electron chi connectivity index (χ3n) is 2.38. The maximum atomic E-state index is 5.39. The molecule has 0 spiro atoms. The number of nitrogens with one attached hydrogen (secondary N) is 1. The van der Waals surface area contributed by atoms with Gasteiger partial charge in [-0.2, -0.15) is 5.48 Å². The van der Waals surface area contributed by atoms with Gasteiger partial charge >= 0.3 is 0 Å². The minimum Gasteiger partial charge on any atom is -0.496 e. The maximum Gasteiger partial charge on any atom is 0.126 e. The molecule has 84 valence electrons. The number of methoxy groups -OCH3 is 1. The molecule has 3 nitrogen and oxygen atoms in total. The third-order valence-corrected chi connectivity index (χ3v) is 3.21. The van der Waals surface area contributed by atoms with Crippen molar-refractivity contribution in [3.63, 3.8) is 0 Å². The minimum atomic E-state index is 0.631. The monoisotopic (exact) mass is 273 g/mol. The Morgan fingerprint density at radius 2 is 2.00 bits per heavy atom. The fourth-order valence-electron chi connectivity index (χ4n) is 1.56. The zero-order valence-corrected chi connectivity index (χ0v) is 11.1. The molecule has 0 atom stereocenters. The van der Waals surface area contributed by atoms with Crippen molar-refractivity contribution in [2.45, 2.75) is 20.4 Å². The molecule has 0 bridgehead atoms. The van der Waals surface area contributed by atoms with Gasteiger partial charge in [0.2, 0.25) is 0 Å². The lowest BCUT2D eigenvalue weighted by atomic mass is 10.0. The van der Waals surface area contributed by atoms with Gasteiger partial charge in [-0.05, 0) is 31.0 Å². The normalized spacial score (nSPS) is 10.5. The molecular weight excluding hydrogens is 258 g/mol. The number of ether oxygens (including phenoxy) is 1. The summed E-state index contributed by atoms with van der Waals surface area (Å²) < 4.78 is 6.48. The summed E-state index contributed by atoms with van der Waals surface area (Å²) in [4.78, 5) is 4.86. The first kappa shape index (κ1) is 12.5. The average Bonchev–Trinajstić information content (AvgIpc) is 2.21. The average molecular weight is 274 g/mol. The highest BCUT2D eigenvalue weighted by Gasteiger charge is 2.12. The van der Waals surface area contributed by atoms with Gasteiger partial charge in [0.25, 0.3) is 0 Å². The first-order chi connectivity index (χ1) is 7.11. The second-order valence-electron chi connectivity index (χ2n) is 3.34. The fraction of sp³-hybridized carbons (Fsp3) is 0.455. The Morgan fingerprint density at radius 3 is 2.53 bits per heavy atom. The van der Waals surface area contributed by atoms with E-state index in [-0.39, 0.29) is 0 Å². The maximum absolute atomic E-state index is 5.39. The predicted molar refractivity (Wildman–Crippen MR) is 64.0 cm³/mol. The van der Waals surface area contributed by atoms with Gasteiger partial charge in [-0.1, -0.05) is 15.9 Å². The van der Waals surface area contributed by atoms with E-state index in [2.05, 4.69) is 34.4 Å². The second kappa shape index (κ2) is 5.49. The van der Waals surface area contributed by atoms with Crippen LogP contribution in [0.5, 0.6) is 5.75 Å². The SMILES string of the molecule is CONCc1c(C)c(Br)cc(C)c1OC. The Kier molecular flexibility index (Phi) is 4.57. The molecule has 4 heteroatoms. The molecule has 1 rings (SSSR count). The summed E-state index contributed by atoms with van der Waals surface area (Å²) in [6, 6.07) is 2.06. The topological polar surface area (TPSA) is 30.5 Å². The molecule has 0 aliphatic heterocycles. The number of benzene rings is 1. The molecule has 0 heterocycles. The lowest BCUT2D eigenvalue weighted by Gasteiger charge is -2.15. The molecule has 0 radical (unpaired) electrons. The van der Waals surface area contributed by atoms with Crippen LogP contribution in [0.2, 0.25) is 0 Å². The number of hydrogen-bond donors (Lipinski definition) is 1. The van der Waals surface area contributed by atoms with Crippen LogP contribution >= 0.6 is 15.9 Å². The molecular formula is C11H16BrNO2. The van der Waals surface area contributed by atoms with E-state index < -0.39 is 0 Å². The van der Waals surface area contributed by atoms with Gasteiger partial charge in [-0.15, -0.1) is 0 Å². The van der Waals surface area contributed by atoms with Gasteiger partial charge in [0, 0.05) is 16.6 Å². The summed E-state index contributed by atoms with van der Waals surface area (Å²) in [6.45, 7) is 4.71. The van der Waals surface area contributed by atoms with E-state index in [1.54, 1.807) is 14.2 Å². The van der Waals surface area contributed by atoms with Gasteiger partial charge < -0.3 is 9.57 Å². The quantitative estimate of drug-likeness (QED) is 0.856. The van der Waals surface area contributed by atoms with Crippen molar-refractivity contribution in [1.29, 1.82) is 0 Å². The standard InChI is InChI=1S/C11H16BrNO2/c1-7-5-10(12)8(2)9(6-13-15-4)11(7)14-3/h5,13H,6H2,1-4H3. The van der Waals surface area contributed by atoms with Crippen LogP contribution < -0.4 is 10.2 Å². The van der Waals surface area contributed by atoms with Gasteiger partial charge in [0.05, 0.1) is 14.2 Å². The first-order valence-electron chi connectivity index (χ1n) is 4.70. The Bertz CT molecular complexity index is 353. The molecule has 0 saturated heterocycles. The Hall–Kier alpha value is -0.580. The van der Waals surface area contributed by atoms with Crippen LogP contribution in [0.1, 0.15) is 16.7 Å². The lowest BCUT2D eigenvalue weighted by molar-refractivity contribution is 0.0859. The van der Waals surface area contributed by atoms with E-state index >= 15 is 0 Å². The van der Waals surface area contributed by atoms with Crippen molar-refractivity contribution in [2.24, 2.45) is 0 Å². The van der Waals surface area contributed by atoms with Gasteiger partial charge in [0.15, 0.2) is 0 Å². The molecule has 0 amide bonds. The van der Waals surface area contributed by atoms with Crippen LogP contribution in [-0.4, -0.2) is 14.2 Å². The van der Waals surface area contributed by atoms with E-state index in [0.717, 1.165) is 21.3 Å². The summed E-state index contributed by atoms with van der Waals surface area (Å²) in [6.07, 6.45) is 0. The summed E-state index contributed by atoms with van der Waals surface area (Å²) in [5, 5.41) is 0. The highest BCUT2D eigenvalue weighted by atomic mass is 79.9. The molecule has 0 saturated carbocycles. The van der Waals surface area contributed by atoms with Crippen LogP contribution in [0.25, 0.3) is 0 Å². The summed E-state index contributed by atoms with van der Waals surface area (Å²) in [7, 11) is 3.29. The third kappa shape index (κ3) is 2.71. The van der Waals surface area contributed by atoms with Crippen molar-refractivity contribution >= 4 is 15.9 Å². The van der Waals surface area contributed by atoms with Gasteiger partial charge in [-0.25, -0.2) is 0 Å². The number of halogens is 1. The number of rotatable bonds is 4. The minimum absolute atomic E-state index is 0.631. The number of hydroxylamine groups is 1. The van der Waals surface area contributed by atoms with Crippen LogP contribution in [-0.2, 0) is 11.4 Å². The van der Waals surface area contributed by atoms with Crippen LogP contribution in [0.3, 0.4) is 0 Å². The molecule has 0 aromatic heterocycles. The predicted octanol–water partition coefficient (Wildman–Crippen LogP) is 2.73. The molecule has 0 fully saturated rings. The summed E-state index contributed by atoms with van der Waals surface area (Å²) >= 11 is 3.53. The smallest absolute Gasteiger partial charge is 0.126 e. The van der Waals surface area contributed by atoms with Gasteiger partial charge in [0.1, 0.15) is 5.75 Å². The van der Waals surface area contributed by atoms with Crippen molar-refractivity contribution in [1.82, 2.24) is 5.48 Å². The van der Waals surface area contributed by atoms with Crippen molar-refractivity contribution in [3.8, 4) is 5.75 Å². The van der Waals surface area contributed by atoms with E-state index in [0.29, 0.717) is 6.54 Å². The van der Waals surface area contributed by atoms with Crippen LogP contribution in [0, 0.1) is 13.8 Å². The van der Waals surface area contributed by atoms with E-state index in [9.17, 15) is 0 Å². The second-order valence-corrected chi connectivity index (χ2v) is 4.19.